The zero-order valence-corrected chi connectivity index (χ0v) is 12.0. The number of carbonyl (C=O) groups is 2. The zero-order valence-electron chi connectivity index (χ0n) is 12.0. The molecule has 2 amide bonds. The second-order valence-corrected chi connectivity index (χ2v) is 4.61. The van der Waals surface area contributed by atoms with Crippen molar-refractivity contribution in [3.63, 3.8) is 0 Å². The maximum atomic E-state index is 12.1. The summed E-state index contributed by atoms with van der Waals surface area (Å²) in [6.07, 6.45) is 6.75. The molecule has 3 heterocycles. The number of hydrazine groups is 1. The van der Waals surface area contributed by atoms with E-state index in [9.17, 15) is 9.59 Å². The first-order valence-corrected chi connectivity index (χ1v) is 6.85. The maximum Gasteiger partial charge on any atom is 0.288 e. The number of pyridine rings is 2. The minimum atomic E-state index is -0.511. The van der Waals surface area contributed by atoms with Crippen LogP contribution in [0.3, 0.4) is 0 Å². The topological polar surface area (TPSA) is 88.9 Å². The van der Waals surface area contributed by atoms with Gasteiger partial charge in [0.25, 0.3) is 11.8 Å². The molecular formula is C16H13N5O2. The Bertz CT molecular complexity index is 816. The fraction of sp³-hybridized carbons (Fsp3) is 0. The summed E-state index contributed by atoms with van der Waals surface area (Å²) in [5.41, 5.74) is 5.82. The van der Waals surface area contributed by atoms with Crippen LogP contribution in [-0.4, -0.2) is 26.3 Å². The van der Waals surface area contributed by atoms with Crippen LogP contribution in [0.25, 0.3) is 5.69 Å². The first-order valence-electron chi connectivity index (χ1n) is 6.85. The van der Waals surface area contributed by atoms with Crippen LogP contribution in [0.5, 0.6) is 0 Å². The summed E-state index contributed by atoms with van der Waals surface area (Å²) in [7, 11) is 0. The van der Waals surface area contributed by atoms with E-state index in [1.165, 1.54) is 12.4 Å². The molecule has 3 aromatic rings. The van der Waals surface area contributed by atoms with E-state index in [1.54, 1.807) is 30.3 Å². The predicted octanol–water partition coefficient (Wildman–Crippen LogP) is 1.34. The summed E-state index contributed by atoms with van der Waals surface area (Å²) in [4.78, 5) is 31.8. The van der Waals surface area contributed by atoms with Crippen molar-refractivity contribution in [2.45, 2.75) is 0 Å². The average molecular weight is 307 g/mol. The van der Waals surface area contributed by atoms with Gasteiger partial charge < -0.3 is 4.57 Å². The van der Waals surface area contributed by atoms with Gasteiger partial charge in [-0.15, -0.1) is 0 Å². The van der Waals surface area contributed by atoms with Gasteiger partial charge in [0.05, 0.1) is 0 Å². The summed E-state index contributed by atoms with van der Waals surface area (Å²) in [6, 6.07) is 12.1. The van der Waals surface area contributed by atoms with Gasteiger partial charge in [0.1, 0.15) is 11.4 Å². The van der Waals surface area contributed by atoms with Gasteiger partial charge >= 0.3 is 0 Å². The van der Waals surface area contributed by atoms with E-state index >= 15 is 0 Å². The van der Waals surface area contributed by atoms with Crippen molar-refractivity contribution in [1.29, 1.82) is 0 Å². The van der Waals surface area contributed by atoms with Crippen molar-refractivity contribution in [2.75, 3.05) is 0 Å². The monoisotopic (exact) mass is 307 g/mol. The van der Waals surface area contributed by atoms with Crippen molar-refractivity contribution in [3.05, 3.63) is 78.6 Å². The lowest BCUT2D eigenvalue weighted by atomic mass is 10.3. The van der Waals surface area contributed by atoms with Gasteiger partial charge in [-0.2, -0.15) is 0 Å². The normalized spacial score (nSPS) is 10.1. The van der Waals surface area contributed by atoms with Gasteiger partial charge in [-0.3, -0.25) is 30.4 Å². The quantitative estimate of drug-likeness (QED) is 0.715. The van der Waals surface area contributed by atoms with Crippen LogP contribution in [0, 0.1) is 0 Å². The number of hydrogen-bond acceptors (Lipinski definition) is 4. The maximum absolute atomic E-state index is 12.1. The Morgan fingerprint density at radius 2 is 1.52 bits per heavy atom. The number of nitrogens with one attached hydrogen (secondary N) is 2. The first kappa shape index (κ1) is 14.5. The minimum Gasteiger partial charge on any atom is -0.324 e. The Balaban J connectivity index is 1.67. The van der Waals surface area contributed by atoms with Gasteiger partial charge in [-0.25, -0.2) is 0 Å². The second-order valence-electron chi connectivity index (χ2n) is 4.61. The predicted molar refractivity (Wildman–Crippen MR) is 82.7 cm³/mol. The van der Waals surface area contributed by atoms with E-state index in [2.05, 4.69) is 20.8 Å². The Kier molecular flexibility index (Phi) is 4.10. The summed E-state index contributed by atoms with van der Waals surface area (Å²) >= 11 is 0. The molecule has 0 aromatic carbocycles. The van der Waals surface area contributed by atoms with Crippen LogP contribution in [0.4, 0.5) is 0 Å². The molecule has 0 aliphatic heterocycles. The number of carbonyl (C=O) groups excluding carboxylic acids is 2. The highest BCUT2D eigenvalue weighted by molar-refractivity contribution is 5.97. The van der Waals surface area contributed by atoms with Gasteiger partial charge in [0.2, 0.25) is 0 Å². The lowest BCUT2D eigenvalue weighted by molar-refractivity contribution is 0.0841. The van der Waals surface area contributed by atoms with Crippen molar-refractivity contribution >= 4 is 11.8 Å². The molecule has 0 atom stereocenters. The van der Waals surface area contributed by atoms with E-state index < -0.39 is 11.8 Å². The minimum absolute atomic E-state index is 0.192. The van der Waals surface area contributed by atoms with Crippen molar-refractivity contribution in [1.82, 2.24) is 25.4 Å². The van der Waals surface area contributed by atoms with Gasteiger partial charge in [-0.05, 0) is 36.4 Å². The molecule has 0 saturated heterocycles. The fourth-order valence-corrected chi connectivity index (χ4v) is 1.95. The number of hydrogen-bond donors (Lipinski definition) is 2. The molecule has 3 aromatic heterocycles. The van der Waals surface area contributed by atoms with Crippen LogP contribution in [0.1, 0.15) is 21.0 Å². The molecular weight excluding hydrogens is 294 g/mol. The standard InChI is InChI=1S/C16H13N5O2/c22-15(13-5-1-2-7-17-13)19-20-16(23)14-11-12(6-8-18-14)21-9-3-4-10-21/h1-11H,(H,19,22)(H,20,23). The Morgan fingerprint density at radius 1 is 0.826 bits per heavy atom. The van der Waals surface area contributed by atoms with E-state index in [4.69, 9.17) is 0 Å². The summed E-state index contributed by atoms with van der Waals surface area (Å²) < 4.78 is 1.85. The highest BCUT2D eigenvalue weighted by Crippen LogP contribution is 2.08. The molecule has 114 valence electrons. The molecule has 0 radical (unpaired) electrons. The first-order chi connectivity index (χ1) is 11.2. The molecule has 7 heteroatoms. The van der Waals surface area contributed by atoms with Crippen molar-refractivity contribution in [3.8, 4) is 5.69 Å². The molecule has 0 aliphatic carbocycles. The average Bonchev–Trinajstić information content (AvgIpc) is 3.15. The summed E-state index contributed by atoms with van der Waals surface area (Å²) in [5.74, 6) is -1.01. The number of aromatic nitrogens is 3. The zero-order chi connectivity index (χ0) is 16.1. The van der Waals surface area contributed by atoms with Crippen LogP contribution in [0.15, 0.2) is 67.3 Å². The smallest absolute Gasteiger partial charge is 0.288 e. The molecule has 3 rings (SSSR count). The van der Waals surface area contributed by atoms with Crippen molar-refractivity contribution in [2.24, 2.45) is 0 Å². The van der Waals surface area contributed by atoms with E-state index in [1.807, 2.05) is 29.1 Å². The SMILES string of the molecule is O=C(NNC(=O)c1cc(-n2cccc2)ccn1)c1ccccn1. The lowest BCUT2D eigenvalue weighted by Gasteiger charge is -2.08. The number of rotatable bonds is 3. The summed E-state index contributed by atoms with van der Waals surface area (Å²) in [6.45, 7) is 0. The largest absolute Gasteiger partial charge is 0.324 e. The lowest BCUT2D eigenvalue weighted by Crippen LogP contribution is -2.42. The fourth-order valence-electron chi connectivity index (χ4n) is 1.95. The van der Waals surface area contributed by atoms with E-state index in [0.717, 1.165) is 5.69 Å². The molecule has 0 saturated carbocycles. The number of nitrogens with zero attached hydrogens (tertiary/aromatic N) is 3. The molecule has 2 N–H and O–H groups in total. The third kappa shape index (κ3) is 3.41. The van der Waals surface area contributed by atoms with Gasteiger partial charge in [0, 0.05) is 30.5 Å². The Morgan fingerprint density at radius 3 is 2.22 bits per heavy atom. The molecule has 0 spiro atoms. The van der Waals surface area contributed by atoms with Crippen molar-refractivity contribution < 1.29 is 9.59 Å². The Labute approximate surface area is 132 Å². The summed E-state index contributed by atoms with van der Waals surface area (Å²) in [5, 5.41) is 0. The van der Waals surface area contributed by atoms with Gasteiger partial charge in [-0.1, -0.05) is 6.07 Å². The van der Waals surface area contributed by atoms with E-state index in [0.29, 0.717) is 0 Å². The van der Waals surface area contributed by atoms with Crippen LogP contribution in [0.2, 0.25) is 0 Å². The molecule has 0 bridgehead atoms. The highest BCUT2D eigenvalue weighted by Gasteiger charge is 2.11. The molecule has 23 heavy (non-hydrogen) atoms. The highest BCUT2D eigenvalue weighted by atomic mass is 16.2. The molecule has 7 nitrogen and oxygen atoms in total. The molecule has 0 unspecified atom stereocenters. The number of amides is 2. The third-order valence-electron chi connectivity index (χ3n) is 3.07. The van der Waals surface area contributed by atoms with Crippen LogP contribution >= 0.6 is 0 Å². The second kappa shape index (κ2) is 6.52. The van der Waals surface area contributed by atoms with Crippen LogP contribution < -0.4 is 10.9 Å². The Hall–Kier alpha value is -3.48. The molecule has 0 aliphatic rings. The third-order valence-corrected chi connectivity index (χ3v) is 3.07. The van der Waals surface area contributed by atoms with E-state index in [-0.39, 0.29) is 11.4 Å². The van der Waals surface area contributed by atoms with Crippen LogP contribution in [-0.2, 0) is 0 Å². The van der Waals surface area contributed by atoms with Gasteiger partial charge in [0.15, 0.2) is 0 Å². The molecule has 0 fully saturated rings.